The van der Waals surface area contributed by atoms with Crippen molar-refractivity contribution in [2.75, 3.05) is 26.8 Å². The number of aliphatic carboxylic acids is 1. The minimum atomic E-state index is -0.772. The van der Waals surface area contributed by atoms with Crippen molar-refractivity contribution in [1.29, 1.82) is 0 Å². The van der Waals surface area contributed by atoms with Gasteiger partial charge < -0.3 is 9.84 Å². The molecule has 1 rings (SSSR count). The highest BCUT2D eigenvalue weighted by Crippen LogP contribution is 2.34. The molecule has 0 bridgehead atoms. The molecule has 18 heavy (non-hydrogen) atoms. The van der Waals surface area contributed by atoms with E-state index in [1.54, 1.807) is 7.11 Å². The van der Waals surface area contributed by atoms with Crippen LogP contribution in [0, 0.1) is 11.3 Å². The van der Waals surface area contributed by atoms with Crippen molar-refractivity contribution in [2.45, 2.75) is 46.1 Å². The highest BCUT2D eigenvalue weighted by molar-refractivity contribution is 5.73. The summed E-state index contributed by atoms with van der Waals surface area (Å²) in [5, 5.41) is 9.25. The van der Waals surface area contributed by atoms with Gasteiger partial charge in [-0.3, -0.25) is 9.69 Å². The molecule has 0 spiro atoms. The van der Waals surface area contributed by atoms with Crippen LogP contribution in [0.2, 0.25) is 0 Å². The summed E-state index contributed by atoms with van der Waals surface area (Å²) >= 11 is 0. The molecular formula is C14H27NO3. The molecule has 1 fully saturated rings. The van der Waals surface area contributed by atoms with E-state index < -0.39 is 12.0 Å². The van der Waals surface area contributed by atoms with Crippen molar-refractivity contribution >= 4 is 5.97 Å². The highest BCUT2D eigenvalue weighted by atomic mass is 16.5. The smallest absolute Gasteiger partial charge is 0.323 e. The zero-order valence-electron chi connectivity index (χ0n) is 12.1. The number of ether oxygens (including phenoxy) is 1. The van der Waals surface area contributed by atoms with E-state index in [1.165, 1.54) is 6.42 Å². The van der Waals surface area contributed by atoms with E-state index in [-0.39, 0.29) is 6.61 Å². The van der Waals surface area contributed by atoms with E-state index in [2.05, 4.69) is 25.7 Å². The molecule has 1 N–H and O–H groups in total. The van der Waals surface area contributed by atoms with E-state index in [1.807, 2.05) is 0 Å². The van der Waals surface area contributed by atoms with Gasteiger partial charge in [-0.2, -0.15) is 0 Å². The van der Waals surface area contributed by atoms with Crippen LogP contribution in [0.25, 0.3) is 0 Å². The largest absolute Gasteiger partial charge is 0.480 e. The molecule has 4 heteroatoms. The molecule has 0 saturated carbocycles. The van der Waals surface area contributed by atoms with Crippen LogP contribution in [0.1, 0.15) is 40.0 Å². The number of hydrogen-bond donors (Lipinski definition) is 1. The zero-order valence-corrected chi connectivity index (χ0v) is 12.1. The molecule has 2 unspecified atom stereocenters. The van der Waals surface area contributed by atoms with Crippen LogP contribution in [0.4, 0.5) is 0 Å². The van der Waals surface area contributed by atoms with Gasteiger partial charge in [-0.25, -0.2) is 0 Å². The maximum Gasteiger partial charge on any atom is 0.323 e. The average molecular weight is 257 g/mol. The van der Waals surface area contributed by atoms with Crippen molar-refractivity contribution in [3.05, 3.63) is 0 Å². The fourth-order valence-electron chi connectivity index (χ4n) is 2.79. The summed E-state index contributed by atoms with van der Waals surface area (Å²) in [5.74, 6) is -0.0921. The summed E-state index contributed by atoms with van der Waals surface area (Å²) in [7, 11) is 1.56. The second kappa shape index (κ2) is 6.53. The van der Waals surface area contributed by atoms with Crippen molar-refractivity contribution in [2.24, 2.45) is 11.3 Å². The summed E-state index contributed by atoms with van der Waals surface area (Å²) in [5.41, 5.74) is 0.315. The second-order valence-electron chi connectivity index (χ2n) is 6.34. The van der Waals surface area contributed by atoms with Crippen molar-refractivity contribution in [3.8, 4) is 0 Å². The van der Waals surface area contributed by atoms with Crippen LogP contribution in [0.5, 0.6) is 0 Å². The van der Waals surface area contributed by atoms with Crippen LogP contribution >= 0.6 is 0 Å². The van der Waals surface area contributed by atoms with Crippen LogP contribution in [-0.2, 0) is 9.53 Å². The Kier molecular flexibility index (Phi) is 5.60. The third-order valence-corrected chi connectivity index (χ3v) is 4.04. The molecular weight excluding hydrogens is 230 g/mol. The normalized spacial score (nSPS) is 24.6. The Morgan fingerprint density at radius 3 is 2.56 bits per heavy atom. The number of carbonyl (C=O) groups is 1. The van der Waals surface area contributed by atoms with E-state index in [4.69, 9.17) is 4.74 Å². The molecule has 0 aliphatic carbocycles. The van der Waals surface area contributed by atoms with Gasteiger partial charge in [0.1, 0.15) is 6.04 Å². The molecule has 0 radical (unpaired) electrons. The van der Waals surface area contributed by atoms with Crippen LogP contribution in [0.15, 0.2) is 0 Å². The van der Waals surface area contributed by atoms with E-state index in [0.29, 0.717) is 11.3 Å². The van der Waals surface area contributed by atoms with Gasteiger partial charge in [-0.05, 0) is 43.7 Å². The summed E-state index contributed by atoms with van der Waals surface area (Å²) < 4.78 is 5.03. The van der Waals surface area contributed by atoms with E-state index in [9.17, 15) is 9.90 Å². The number of carboxylic acid groups (broad SMARTS) is 1. The van der Waals surface area contributed by atoms with Gasteiger partial charge in [0.25, 0.3) is 0 Å². The van der Waals surface area contributed by atoms with Crippen LogP contribution in [-0.4, -0.2) is 48.8 Å². The molecule has 1 aliphatic rings. The molecule has 4 nitrogen and oxygen atoms in total. The zero-order chi connectivity index (χ0) is 13.8. The Balaban J connectivity index is 2.62. The van der Waals surface area contributed by atoms with Gasteiger partial charge in [0.05, 0.1) is 6.61 Å². The quantitative estimate of drug-likeness (QED) is 0.839. The van der Waals surface area contributed by atoms with Gasteiger partial charge in [0.2, 0.25) is 0 Å². The molecule has 2 atom stereocenters. The number of carboxylic acids is 1. The number of hydrogen-bond acceptors (Lipinski definition) is 3. The lowest BCUT2D eigenvalue weighted by Crippen LogP contribution is -2.44. The van der Waals surface area contributed by atoms with Crippen molar-refractivity contribution < 1.29 is 14.6 Å². The van der Waals surface area contributed by atoms with Gasteiger partial charge >= 0.3 is 5.97 Å². The fraction of sp³-hybridized carbons (Fsp3) is 0.929. The highest BCUT2D eigenvalue weighted by Gasteiger charge is 2.31. The lowest BCUT2D eigenvalue weighted by Gasteiger charge is -2.30. The first-order valence-electron chi connectivity index (χ1n) is 6.82. The number of nitrogens with zero attached hydrogens (tertiary/aromatic N) is 1. The standard InChI is InChI=1S/C14H27NO3/c1-14(2,3)11-6-5-8-15(9-7-11)12(10-18-4)13(16)17/h11-12H,5-10H2,1-4H3,(H,16,17). The monoisotopic (exact) mass is 257 g/mol. The third-order valence-electron chi connectivity index (χ3n) is 4.04. The molecule has 1 heterocycles. The first kappa shape index (κ1) is 15.4. The Bertz CT molecular complexity index is 273. The lowest BCUT2D eigenvalue weighted by molar-refractivity contribution is -0.145. The number of rotatable bonds is 4. The van der Waals surface area contributed by atoms with E-state index in [0.717, 1.165) is 25.9 Å². The Hall–Kier alpha value is -0.610. The molecule has 0 aromatic rings. The Morgan fingerprint density at radius 2 is 2.06 bits per heavy atom. The fourth-order valence-corrected chi connectivity index (χ4v) is 2.79. The Morgan fingerprint density at radius 1 is 1.39 bits per heavy atom. The van der Waals surface area contributed by atoms with Gasteiger partial charge in [0.15, 0.2) is 0 Å². The number of likely N-dealkylation sites (tertiary alicyclic amines) is 1. The predicted molar refractivity (Wildman–Crippen MR) is 71.7 cm³/mol. The minimum Gasteiger partial charge on any atom is -0.480 e. The summed E-state index contributed by atoms with van der Waals surface area (Å²) in [6.45, 7) is 8.83. The van der Waals surface area contributed by atoms with E-state index >= 15 is 0 Å². The van der Waals surface area contributed by atoms with Gasteiger partial charge in [-0.1, -0.05) is 20.8 Å². The maximum absolute atomic E-state index is 11.3. The summed E-state index contributed by atoms with van der Waals surface area (Å²) in [6, 6.07) is -0.492. The third kappa shape index (κ3) is 4.25. The topological polar surface area (TPSA) is 49.8 Å². The minimum absolute atomic E-state index is 0.273. The molecule has 0 aromatic carbocycles. The first-order valence-corrected chi connectivity index (χ1v) is 6.82. The van der Waals surface area contributed by atoms with Gasteiger partial charge in [0, 0.05) is 7.11 Å². The SMILES string of the molecule is COCC(C(=O)O)N1CCCC(C(C)(C)C)CC1. The first-order chi connectivity index (χ1) is 8.36. The van der Waals surface area contributed by atoms with Crippen LogP contribution < -0.4 is 0 Å². The van der Waals surface area contributed by atoms with Crippen LogP contribution in [0.3, 0.4) is 0 Å². The number of methoxy groups -OCH3 is 1. The average Bonchev–Trinajstić information content (AvgIpc) is 2.50. The van der Waals surface area contributed by atoms with Crippen molar-refractivity contribution in [1.82, 2.24) is 4.90 Å². The molecule has 1 aliphatic heterocycles. The summed E-state index contributed by atoms with van der Waals surface area (Å²) in [4.78, 5) is 13.3. The Labute approximate surface area is 110 Å². The molecule has 106 valence electrons. The molecule has 0 amide bonds. The predicted octanol–water partition coefficient (Wildman–Crippen LogP) is 2.23. The molecule has 1 saturated heterocycles. The van der Waals surface area contributed by atoms with Gasteiger partial charge in [-0.15, -0.1) is 0 Å². The van der Waals surface area contributed by atoms with Crippen molar-refractivity contribution in [3.63, 3.8) is 0 Å². The lowest BCUT2D eigenvalue weighted by atomic mass is 9.77. The summed E-state index contributed by atoms with van der Waals surface area (Å²) in [6.07, 6.45) is 3.35. The maximum atomic E-state index is 11.3. The molecule has 0 aromatic heterocycles. The second-order valence-corrected chi connectivity index (χ2v) is 6.34.